The van der Waals surface area contributed by atoms with Crippen LogP contribution >= 0.6 is 0 Å². The van der Waals surface area contributed by atoms with E-state index in [-0.39, 0.29) is 41.9 Å². The average Bonchev–Trinajstić information content (AvgIpc) is 2.77. The Kier molecular flexibility index (Phi) is 5.29. The van der Waals surface area contributed by atoms with Gasteiger partial charge in [0.15, 0.2) is 0 Å². The molecule has 0 spiro atoms. The van der Waals surface area contributed by atoms with Crippen LogP contribution in [0.2, 0.25) is 0 Å². The maximum Gasteiger partial charge on any atom is 0.380 e. The molecule has 4 atom stereocenters. The number of hydrogen-bond acceptors (Lipinski definition) is 6. The van der Waals surface area contributed by atoms with Gasteiger partial charge in [-0.2, -0.15) is 13.6 Å². The van der Waals surface area contributed by atoms with Crippen LogP contribution in [0.15, 0.2) is 42.7 Å². The molecular formula is C24H27N3O5S. The molecule has 2 amide bonds. The number of benzene rings is 1. The molecule has 0 radical (unpaired) electrons. The van der Waals surface area contributed by atoms with Gasteiger partial charge in [0.05, 0.1) is 12.0 Å². The molecule has 1 aromatic carbocycles. The van der Waals surface area contributed by atoms with Gasteiger partial charge in [0.25, 0.3) is 0 Å². The summed E-state index contributed by atoms with van der Waals surface area (Å²) in [4.78, 5) is 32.2. The Hall–Kier alpha value is -2.78. The summed E-state index contributed by atoms with van der Waals surface area (Å²) in [6.07, 6.45) is 6.88. The van der Waals surface area contributed by atoms with Crippen LogP contribution in [0, 0.1) is 17.3 Å². The van der Waals surface area contributed by atoms with Crippen LogP contribution in [-0.2, 0) is 32.9 Å². The zero-order valence-electron chi connectivity index (χ0n) is 18.4. The van der Waals surface area contributed by atoms with Crippen LogP contribution in [0.1, 0.15) is 55.2 Å². The highest BCUT2D eigenvalue weighted by Crippen LogP contribution is 2.58. The minimum absolute atomic E-state index is 0.00473. The molecule has 8 nitrogen and oxygen atoms in total. The van der Waals surface area contributed by atoms with E-state index in [1.165, 1.54) is 4.90 Å². The van der Waals surface area contributed by atoms with Crippen molar-refractivity contribution >= 4 is 22.1 Å². The van der Waals surface area contributed by atoms with Crippen molar-refractivity contribution in [1.29, 1.82) is 0 Å². The van der Waals surface area contributed by atoms with Crippen molar-refractivity contribution in [2.75, 3.05) is 0 Å². The van der Waals surface area contributed by atoms with E-state index in [2.05, 4.69) is 4.98 Å². The van der Waals surface area contributed by atoms with Crippen LogP contribution in [0.5, 0.6) is 5.75 Å². The second kappa shape index (κ2) is 7.92. The number of aryl methyl sites for hydroxylation is 1. The van der Waals surface area contributed by atoms with Crippen LogP contribution < -0.4 is 9.32 Å². The average molecular weight is 470 g/mol. The van der Waals surface area contributed by atoms with Crippen LogP contribution in [0.4, 0.5) is 0 Å². The Labute approximate surface area is 193 Å². The molecule has 1 saturated carbocycles. The molecule has 2 aliphatic carbocycles. The third-order valence-electron chi connectivity index (χ3n) is 7.79. The summed E-state index contributed by atoms with van der Waals surface area (Å²) in [5.41, 5.74) is 2.49. The van der Waals surface area contributed by atoms with Gasteiger partial charge < -0.3 is 4.18 Å². The van der Waals surface area contributed by atoms with Gasteiger partial charge in [-0.3, -0.25) is 19.5 Å². The molecule has 2 N–H and O–H groups in total. The lowest BCUT2D eigenvalue weighted by molar-refractivity contribution is -0.168. The number of amides is 2. The summed E-state index contributed by atoms with van der Waals surface area (Å²) in [7, 11) is -4.07. The number of nitrogens with two attached hydrogens (primary N) is 1. The van der Waals surface area contributed by atoms with Gasteiger partial charge in [-0.15, -0.1) is 0 Å². The number of aromatic nitrogens is 1. The number of nitrogens with zero attached hydrogens (tertiary/aromatic N) is 2. The quantitative estimate of drug-likeness (QED) is 0.688. The first-order valence-corrected chi connectivity index (χ1v) is 12.7. The fourth-order valence-electron chi connectivity index (χ4n) is 6.26. The molecule has 174 valence electrons. The smallest absolute Gasteiger partial charge is 0.371 e. The number of fused-ring (bicyclic) bond motifs is 5. The highest BCUT2D eigenvalue weighted by Gasteiger charge is 2.57. The molecule has 5 rings (SSSR count). The molecule has 9 heteroatoms. The Bertz CT molecular complexity index is 1220. The normalized spacial score (nSPS) is 29.2. The van der Waals surface area contributed by atoms with Crippen LogP contribution in [0.3, 0.4) is 0 Å². The number of piperidine rings is 1. The fourth-order valence-corrected chi connectivity index (χ4v) is 6.63. The van der Waals surface area contributed by atoms with Crippen molar-refractivity contribution in [3.63, 3.8) is 0 Å². The molecule has 4 unspecified atom stereocenters. The standard InChI is InChI=1S/C24H27N3O5S/c1-24-9-8-19-18-7-5-17(32-33(25,30)31)11-16(18)4-6-20(19)21(24)12-22(28)27(23(24)29)14-15-3-2-10-26-13-15/h2-3,5,7,10-11,13,19-21H,4,6,8-9,12,14H2,1H3,(H2,25,30,31). The first-order valence-electron chi connectivity index (χ1n) is 11.2. The number of carbonyl (C=O) groups excluding carboxylic acids is 2. The predicted molar refractivity (Wildman–Crippen MR) is 120 cm³/mol. The minimum atomic E-state index is -4.07. The van der Waals surface area contributed by atoms with Gasteiger partial charge in [0.1, 0.15) is 5.75 Å². The molecule has 2 heterocycles. The zero-order valence-corrected chi connectivity index (χ0v) is 19.3. The Balaban J connectivity index is 1.40. The number of hydrogen-bond donors (Lipinski definition) is 1. The van der Waals surface area contributed by atoms with E-state index in [0.717, 1.165) is 36.0 Å². The lowest BCUT2D eigenvalue weighted by Crippen LogP contribution is -2.58. The summed E-state index contributed by atoms with van der Waals surface area (Å²) in [5.74, 6) is 0.485. The van der Waals surface area contributed by atoms with E-state index in [4.69, 9.17) is 9.32 Å². The summed E-state index contributed by atoms with van der Waals surface area (Å²) in [5, 5.41) is 5.00. The van der Waals surface area contributed by atoms with Gasteiger partial charge in [-0.1, -0.05) is 19.1 Å². The molecule has 2 aromatic rings. The third-order valence-corrected chi connectivity index (χ3v) is 8.22. The molecule has 1 aliphatic heterocycles. The fraction of sp³-hybridized carbons (Fsp3) is 0.458. The first kappa shape index (κ1) is 22.0. The molecule has 2 fully saturated rings. The Morgan fingerprint density at radius 3 is 2.79 bits per heavy atom. The van der Waals surface area contributed by atoms with E-state index >= 15 is 0 Å². The van der Waals surface area contributed by atoms with E-state index in [0.29, 0.717) is 12.8 Å². The molecular weight excluding hydrogens is 442 g/mol. The van der Waals surface area contributed by atoms with Gasteiger partial charge >= 0.3 is 10.3 Å². The Morgan fingerprint density at radius 2 is 2.06 bits per heavy atom. The monoisotopic (exact) mass is 469 g/mol. The van der Waals surface area contributed by atoms with Crippen molar-refractivity contribution in [2.45, 2.75) is 51.5 Å². The first-order chi connectivity index (χ1) is 15.7. The van der Waals surface area contributed by atoms with Gasteiger partial charge in [0.2, 0.25) is 11.8 Å². The number of likely N-dealkylation sites (tertiary alicyclic amines) is 1. The second-order valence-corrected chi connectivity index (χ2v) is 10.8. The van der Waals surface area contributed by atoms with E-state index < -0.39 is 15.7 Å². The summed E-state index contributed by atoms with van der Waals surface area (Å²) in [6.45, 7) is 2.29. The van der Waals surface area contributed by atoms with Crippen molar-refractivity contribution in [3.05, 3.63) is 59.4 Å². The SMILES string of the molecule is CC12CCC3c4ccc(OS(N)(=O)=O)cc4CCC3C1CC(=O)N(Cc1cccnc1)C2=O. The number of carbonyl (C=O) groups is 2. The van der Waals surface area contributed by atoms with Crippen molar-refractivity contribution in [1.82, 2.24) is 9.88 Å². The highest BCUT2D eigenvalue weighted by molar-refractivity contribution is 7.84. The second-order valence-electron chi connectivity index (χ2n) is 9.66. The van der Waals surface area contributed by atoms with Gasteiger partial charge in [0, 0.05) is 18.8 Å². The predicted octanol–water partition coefficient (Wildman–Crippen LogP) is 2.69. The van der Waals surface area contributed by atoms with E-state index in [9.17, 15) is 18.0 Å². The third kappa shape index (κ3) is 3.93. The summed E-state index contributed by atoms with van der Waals surface area (Å²) >= 11 is 0. The lowest BCUT2D eigenvalue weighted by Gasteiger charge is -2.54. The van der Waals surface area contributed by atoms with Gasteiger partial charge in [-0.25, -0.2) is 0 Å². The number of rotatable bonds is 4. The van der Waals surface area contributed by atoms with Crippen molar-refractivity contribution in [2.24, 2.45) is 22.4 Å². The molecule has 1 aromatic heterocycles. The lowest BCUT2D eigenvalue weighted by atomic mass is 9.52. The number of imide groups is 1. The maximum atomic E-state index is 13.6. The number of pyridine rings is 1. The Morgan fingerprint density at radius 1 is 1.24 bits per heavy atom. The minimum Gasteiger partial charge on any atom is -0.371 e. The van der Waals surface area contributed by atoms with Gasteiger partial charge in [-0.05, 0) is 78.3 Å². The molecule has 0 bridgehead atoms. The molecule has 1 saturated heterocycles. The van der Waals surface area contributed by atoms with Crippen LogP contribution in [0.25, 0.3) is 0 Å². The summed E-state index contributed by atoms with van der Waals surface area (Å²) < 4.78 is 27.4. The molecule has 3 aliphatic rings. The van der Waals surface area contributed by atoms with Crippen molar-refractivity contribution in [3.8, 4) is 5.75 Å². The maximum absolute atomic E-state index is 13.6. The highest BCUT2D eigenvalue weighted by atomic mass is 32.2. The van der Waals surface area contributed by atoms with Crippen molar-refractivity contribution < 1.29 is 22.2 Å². The topological polar surface area (TPSA) is 120 Å². The largest absolute Gasteiger partial charge is 0.380 e. The van der Waals surface area contributed by atoms with E-state index in [1.807, 2.05) is 25.1 Å². The summed E-state index contributed by atoms with van der Waals surface area (Å²) in [6, 6.07) is 8.98. The molecule has 33 heavy (non-hydrogen) atoms. The van der Waals surface area contributed by atoms with E-state index in [1.54, 1.807) is 24.5 Å². The zero-order chi connectivity index (χ0) is 23.4. The van der Waals surface area contributed by atoms with Crippen LogP contribution in [-0.4, -0.2) is 30.1 Å².